The maximum Gasteiger partial charge on any atom is 0.119 e. The normalized spacial score (nSPS) is 21.4. The van der Waals surface area contributed by atoms with Gasteiger partial charge in [-0.25, -0.2) is 0 Å². The van der Waals surface area contributed by atoms with Crippen LogP contribution in [0.4, 0.5) is 0 Å². The molecule has 1 N–H and O–H groups in total. The van der Waals surface area contributed by atoms with Crippen LogP contribution in [-0.4, -0.2) is 18.7 Å². The van der Waals surface area contributed by atoms with Crippen LogP contribution in [0, 0.1) is 0 Å². The van der Waals surface area contributed by atoms with Crippen LogP contribution < -0.4 is 10.1 Å². The molecule has 1 aliphatic rings. The van der Waals surface area contributed by atoms with Gasteiger partial charge in [0.15, 0.2) is 0 Å². The standard InChI is InChI=1S/C19H23NO/c1-2-20-17-10-13-19(14-17)21-18-11-8-16(9-12-18)15-6-4-3-5-7-15/h3-9,11-12,17,19-20H,2,10,13-14H2,1H3. The van der Waals surface area contributed by atoms with Crippen molar-refractivity contribution in [3.63, 3.8) is 0 Å². The molecular weight excluding hydrogens is 258 g/mol. The van der Waals surface area contributed by atoms with Crippen molar-refractivity contribution in [3.8, 4) is 16.9 Å². The Balaban J connectivity index is 1.60. The summed E-state index contributed by atoms with van der Waals surface area (Å²) in [5, 5.41) is 3.51. The van der Waals surface area contributed by atoms with E-state index >= 15 is 0 Å². The molecule has 21 heavy (non-hydrogen) atoms. The lowest BCUT2D eigenvalue weighted by molar-refractivity contribution is 0.206. The fourth-order valence-electron chi connectivity index (χ4n) is 3.07. The maximum atomic E-state index is 6.10. The highest BCUT2D eigenvalue weighted by molar-refractivity contribution is 5.63. The number of nitrogens with one attached hydrogen (secondary N) is 1. The third-order valence-corrected chi connectivity index (χ3v) is 4.14. The minimum Gasteiger partial charge on any atom is -0.490 e. The third-order valence-electron chi connectivity index (χ3n) is 4.14. The topological polar surface area (TPSA) is 21.3 Å². The monoisotopic (exact) mass is 281 g/mol. The second kappa shape index (κ2) is 6.77. The van der Waals surface area contributed by atoms with Crippen molar-refractivity contribution in [2.24, 2.45) is 0 Å². The predicted molar refractivity (Wildman–Crippen MR) is 87.6 cm³/mol. The maximum absolute atomic E-state index is 6.10. The van der Waals surface area contributed by atoms with E-state index in [9.17, 15) is 0 Å². The van der Waals surface area contributed by atoms with E-state index in [0.29, 0.717) is 12.1 Å². The molecule has 0 heterocycles. The second-order valence-corrected chi connectivity index (χ2v) is 5.70. The highest BCUT2D eigenvalue weighted by Crippen LogP contribution is 2.27. The second-order valence-electron chi connectivity index (χ2n) is 5.70. The third kappa shape index (κ3) is 3.64. The van der Waals surface area contributed by atoms with Crippen LogP contribution in [0.3, 0.4) is 0 Å². The number of hydrogen-bond donors (Lipinski definition) is 1. The van der Waals surface area contributed by atoms with Crippen molar-refractivity contribution in [2.75, 3.05) is 6.54 Å². The molecule has 2 heteroatoms. The molecule has 3 rings (SSSR count). The molecule has 1 fully saturated rings. The van der Waals surface area contributed by atoms with Gasteiger partial charge in [-0.05, 0) is 49.1 Å². The molecule has 2 nitrogen and oxygen atoms in total. The van der Waals surface area contributed by atoms with E-state index in [1.807, 2.05) is 6.07 Å². The molecule has 2 aromatic carbocycles. The van der Waals surface area contributed by atoms with Gasteiger partial charge in [-0.2, -0.15) is 0 Å². The van der Waals surface area contributed by atoms with Gasteiger partial charge in [-0.1, -0.05) is 49.4 Å². The van der Waals surface area contributed by atoms with E-state index < -0.39 is 0 Å². The van der Waals surface area contributed by atoms with Gasteiger partial charge in [-0.3, -0.25) is 0 Å². The summed E-state index contributed by atoms with van der Waals surface area (Å²) >= 11 is 0. The Morgan fingerprint density at radius 2 is 1.67 bits per heavy atom. The van der Waals surface area contributed by atoms with Gasteiger partial charge < -0.3 is 10.1 Å². The van der Waals surface area contributed by atoms with Crippen molar-refractivity contribution in [1.29, 1.82) is 0 Å². The van der Waals surface area contributed by atoms with E-state index in [2.05, 4.69) is 60.8 Å². The summed E-state index contributed by atoms with van der Waals surface area (Å²) < 4.78 is 6.10. The van der Waals surface area contributed by atoms with Crippen LogP contribution in [0.1, 0.15) is 26.2 Å². The molecule has 0 spiro atoms. The molecule has 0 radical (unpaired) electrons. The summed E-state index contributed by atoms with van der Waals surface area (Å²) in [7, 11) is 0. The molecule has 0 aromatic heterocycles. The Labute approximate surface area is 127 Å². The average molecular weight is 281 g/mol. The SMILES string of the molecule is CCNC1CCC(Oc2ccc(-c3ccccc3)cc2)C1. The summed E-state index contributed by atoms with van der Waals surface area (Å²) in [5.74, 6) is 0.983. The van der Waals surface area contributed by atoms with E-state index in [4.69, 9.17) is 4.74 Å². The molecule has 2 atom stereocenters. The number of hydrogen-bond acceptors (Lipinski definition) is 2. The molecular formula is C19H23NO. The fourth-order valence-corrected chi connectivity index (χ4v) is 3.07. The lowest BCUT2D eigenvalue weighted by Gasteiger charge is -2.15. The van der Waals surface area contributed by atoms with Crippen LogP contribution in [0.2, 0.25) is 0 Å². The Morgan fingerprint density at radius 3 is 2.38 bits per heavy atom. The Bertz CT molecular complexity index is 550. The van der Waals surface area contributed by atoms with E-state index in [0.717, 1.165) is 25.1 Å². The minimum absolute atomic E-state index is 0.358. The molecule has 1 saturated carbocycles. The summed E-state index contributed by atoms with van der Waals surface area (Å²) in [5.41, 5.74) is 2.48. The number of benzene rings is 2. The summed E-state index contributed by atoms with van der Waals surface area (Å²) in [6.45, 7) is 3.21. The molecule has 0 saturated heterocycles. The summed E-state index contributed by atoms with van der Waals surface area (Å²) in [4.78, 5) is 0. The van der Waals surface area contributed by atoms with Crippen molar-refractivity contribution in [3.05, 3.63) is 54.6 Å². The Hall–Kier alpha value is -1.80. The van der Waals surface area contributed by atoms with Crippen LogP contribution in [0.5, 0.6) is 5.75 Å². The van der Waals surface area contributed by atoms with E-state index in [1.54, 1.807) is 0 Å². The zero-order chi connectivity index (χ0) is 14.5. The Kier molecular flexibility index (Phi) is 4.56. The van der Waals surface area contributed by atoms with Gasteiger partial charge in [0, 0.05) is 6.04 Å². The molecule has 0 amide bonds. The molecule has 2 unspecified atom stereocenters. The minimum atomic E-state index is 0.358. The van der Waals surface area contributed by atoms with Crippen molar-refractivity contribution in [2.45, 2.75) is 38.3 Å². The lowest BCUT2D eigenvalue weighted by atomic mass is 10.1. The predicted octanol–water partition coefficient (Wildman–Crippen LogP) is 4.26. The lowest BCUT2D eigenvalue weighted by Crippen LogP contribution is -2.27. The highest BCUT2D eigenvalue weighted by atomic mass is 16.5. The van der Waals surface area contributed by atoms with Gasteiger partial charge >= 0.3 is 0 Å². The smallest absolute Gasteiger partial charge is 0.119 e. The first kappa shape index (κ1) is 14.2. The summed E-state index contributed by atoms with van der Waals surface area (Å²) in [6, 6.07) is 19.5. The molecule has 0 aliphatic heterocycles. The van der Waals surface area contributed by atoms with Crippen LogP contribution in [-0.2, 0) is 0 Å². The van der Waals surface area contributed by atoms with E-state index in [-0.39, 0.29) is 0 Å². The van der Waals surface area contributed by atoms with Gasteiger partial charge in [0.25, 0.3) is 0 Å². The highest BCUT2D eigenvalue weighted by Gasteiger charge is 2.25. The molecule has 0 bridgehead atoms. The van der Waals surface area contributed by atoms with Gasteiger partial charge in [0.2, 0.25) is 0 Å². The van der Waals surface area contributed by atoms with Crippen LogP contribution in [0.15, 0.2) is 54.6 Å². The average Bonchev–Trinajstić information content (AvgIpc) is 2.97. The zero-order valence-corrected chi connectivity index (χ0v) is 12.6. The molecule has 110 valence electrons. The number of rotatable bonds is 5. The Morgan fingerprint density at radius 1 is 0.952 bits per heavy atom. The zero-order valence-electron chi connectivity index (χ0n) is 12.6. The van der Waals surface area contributed by atoms with Gasteiger partial charge in [0.05, 0.1) is 0 Å². The van der Waals surface area contributed by atoms with Gasteiger partial charge in [0.1, 0.15) is 11.9 Å². The number of ether oxygens (including phenoxy) is 1. The first-order chi connectivity index (χ1) is 10.3. The van der Waals surface area contributed by atoms with Crippen molar-refractivity contribution >= 4 is 0 Å². The largest absolute Gasteiger partial charge is 0.490 e. The van der Waals surface area contributed by atoms with Crippen molar-refractivity contribution < 1.29 is 4.74 Å². The van der Waals surface area contributed by atoms with Gasteiger partial charge in [-0.15, -0.1) is 0 Å². The first-order valence-electron chi connectivity index (χ1n) is 7.90. The quantitative estimate of drug-likeness (QED) is 0.884. The van der Waals surface area contributed by atoms with Crippen LogP contribution in [0.25, 0.3) is 11.1 Å². The first-order valence-corrected chi connectivity index (χ1v) is 7.90. The van der Waals surface area contributed by atoms with Crippen molar-refractivity contribution in [1.82, 2.24) is 5.32 Å². The van der Waals surface area contributed by atoms with Crippen LogP contribution >= 0.6 is 0 Å². The van der Waals surface area contributed by atoms with E-state index in [1.165, 1.54) is 17.5 Å². The molecule has 1 aliphatic carbocycles. The molecule has 2 aromatic rings. The summed E-state index contributed by atoms with van der Waals surface area (Å²) in [6.07, 6.45) is 3.85. The fraction of sp³-hybridized carbons (Fsp3) is 0.368.